The lowest BCUT2D eigenvalue weighted by Gasteiger charge is -2.32. The summed E-state index contributed by atoms with van der Waals surface area (Å²) in [6.45, 7) is 1.48. The van der Waals surface area contributed by atoms with E-state index in [1.54, 1.807) is 4.57 Å². The molecule has 1 aromatic carbocycles. The average Bonchev–Trinajstić information content (AvgIpc) is 3.20. The molecule has 0 bridgehead atoms. The van der Waals surface area contributed by atoms with Gasteiger partial charge in [-0.15, -0.1) is 0 Å². The summed E-state index contributed by atoms with van der Waals surface area (Å²) in [4.78, 5) is 23.0. The van der Waals surface area contributed by atoms with Gasteiger partial charge in [-0.05, 0) is 25.1 Å². The first-order valence-corrected chi connectivity index (χ1v) is 9.40. The van der Waals surface area contributed by atoms with Gasteiger partial charge in [0.2, 0.25) is 5.88 Å². The van der Waals surface area contributed by atoms with Crippen LogP contribution in [0.4, 0.5) is 0 Å². The van der Waals surface area contributed by atoms with Crippen molar-refractivity contribution in [3.8, 4) is 5.88 Å². The van der Waals surface area contributed by atoms with Crippen LogP contribution in [0.15, 0.2) is 34.2 Å². The number of nitrogens with one attached hydrogen (secondary N) is 1. The van der Waals surface area contributed by atoms with Crippen LogP contribution in [0.5, 0.6) is 5.88 Å². The van der Waals surface area contributed by atoms with Crippen LogP contribution in [0, 0.1) is 0 Å². The van der Waals surface area contributed by atoms with Gasteiger partial charge in [-0.3, -0.25) is 14.3 Å². The molecule has 0 fully saturated rings. The Labute approximate surface area is 148 Å². The van der Waals surface area contributed by atoms with Gasteiger partial charge in [-0.1, -0.05) is 30.0 Å². The van der Waals surface area contributed by atoms with E-state index in [0.717, 1.165) is 29.9 Å². The Hall–Kier alpha value is -2.25. The molecular formula is C18H18N4O2S. The van der Waals surface area contributed by atoms with Crippen LogP contribution in [0.1, 0.15) is 22.9 Å². The zero-order valence-electron chi connectivity index (χ0n) is 13.8. The van der Waals surface area contributed by atoms with E-state index in [4.69, 9.17) is 0 Å². The van der Waals surface area contributed by atoms with Gasteiger partial charge >= 0.3 is 0 Å². The molecule has 0 radical (unpaired) electrons. The number of fused-ring (bicyclic) bond motifs is 4. The fourth-order valence-electron chi connectivity index (χ4n) is 4.04. The second-order valence-corrected chi connectivity index (χ2v) is 7.69. The zero-order valence-corrected chi connectivity index (χ0v) is 14.6. The molecule has 25 heavy (non-hydrogen) atoms. The number of para-hydroxylation sites is 1. The van der Waals surface area contributed by atoms with Crippen molar-refractivity contribution in [3.05, 3.63) is 51.4 Å². The molecule has 0 saturated carbocycles. The maximum Gasteiger partial charge on any atom is 0.263 e. The molecule has 0 amide bonds. The van der Waals surface area contributed by atoms with E-state index in [1.807, 2.05) is 19.2 Å². The number of aromatic hydroxyl groups is 1. The first-order valence-electron chi connectivity index (χ1n) is 8.41. The van der Waals surface area contributed by atoms with Crippen LogP contribution in [-0.2, 0) is 13.0 Å². The molecule has 4 heterocycles. The van der Waals surface area contributed by atoms with Crippen molar-refractivity contribution in [2.75, 3.05) is 19.3 Å². The fourth-order valence-corrected chi connectivity index (χ4v) is 4.98. The monoisotopic (exact) mass is 354 g/mol. The van der Waals surface area contributed by atoms with Gasteiger partial charge in [0.1, 0.15) is 5.56 Å². The largest absolute Gasteiger partial charge is 0.493 e. The quantitative estimate of drug-likeness (QED) is 0.655. The molecule has 0 aliphatic carbocycles. The fraction of sp³-hybridized carbons (Fsp3) is 0.333. The lowest BCUT2D eigenvalue weighted by atomic mass is 9.94. The number of aromatic amines is 1. The maximum atomic E-state index is 13.1. The highest BCUT2D eigenvalue weighted by atomic mass is 32.2. The standard InChI is InChI=1S/C18H18N4O2S/c1-21-7-6-11-10-4-2-3-5-12(10)19-14(11)15(21)13-16(23)20-18-22(17(13)24)8-9-25-18/h2-5,15,19,23H,6-9H2,1H3. The minimum absolute atomic E-state index is 0.129. The summed E-state index contributed by atoms with van der Waals surface area (Å²) in [6, 6.07) is 7.89. The first-order chi connectivity index (χ1) is 12.1. The van der Waals surface area contributed by atoms with E-state index < -0.39 is 0 Å². The number of rotatable bonds is 1. The summed E-state index contributed by atoms with van der Waals surface area (Å²) >= 11 is 1.51. The molecule has 0 saturated heterocycles. The van der Waals surface area contributed by atoms with Crippen LogP contribution in [0.3, 0.4) is 0 Å². The van der Waals surface area contributed by atoms with E-state index in [0.29, 0.717) is 17.3 Å². The van der Waals surface area contributed by atoms with E-state index in [1.165, 1.54) is 22.7 Å². The third kappa shape index (κ3) is 2.09. The van der Waals surface area contributed by atoms with Crippen molar-refractivity contribution in [2.24, 2.45) is 0 Å². The molecule has 2 N–H and O–H groups in total. The molecule has 2 aliphatic rings. The number of thioether (sulfide) groups is 1. The molecule has 0 spiro atoms. The average molecular weight is 354 g/mol. The molecule has 1 atom stereocenters. The van der Waals surface area contributed by atoms with Crippen molar-refractivity contribution in [3.63, 3.8) is 0 Å². The molecule has 2 aromatic heterocycles. The Bertz CT molecular complexity index is 1060. The van der Waals surface area contributed by atoms with Gasteiger partial charge in [0.05, 0.1) is 6.04 Å². The summed E-state index contributed by atoms with van der Waals surface area (Å²) in [5.74, 6) is 0.678. The molecule has 1 unspecified atom stereocenters. The van der Waals surface area contributed by atoms with E-state index in [9.17, 15) is 9.90 Å². The van der Waals surface area contributed by atoms with Crippen LogP contribution < -0.4 is 5.56 Å². The maximum absolute atomic E-state index is 13.1. The summed E-state index contributed by atoms with van der Waals surface area (Å²) in [5.41, 5.74) is 3.54. The SMILES string of the molecule is CN1CCc2c([nH]c3ccccc23)C1c1c(O)nc2n(c1=O)CCS2. The summed E-state index contributed by atoms with van der Waals surface area (Å²) in [5, 5.41) is 12.4. The van der Waals surface area contributed by atoms with Crippen LogP contribution >= 0.6 is 11.8 Å². The summed E-state index contributed by atoms with van der Waals surface area (Å²) in [6.07, 6.45) is 0.919. The Morgan fingerprint density at radius 3 is 3.04 bits per heavy atom. The van der Waals surface area contributed by atoms with Crippen LogP contribution in [0.2, 0.25) is 0 Å². The van der Waals surface area contributed by atoms with Crippen molar-refractivity contribution in [1.82, 2.24) is 19.4 Å². The van der Waals surface area contributed by atoms with Gasteiger partial charge in [0.15, 0.2) is 5.16 Å². The summed E-state index contributed by atoms with van der Waals surface area (Å²) in [7, 11) is 1.99. The van der Waals surface area contributed by atoms with Gasteiger partial charge in [0, 0.05) is 35.4 Å². The van der Waals surface area contributed by atoms with E-state index in [-0.39, 0.29) is 17.5 Å². The Balaban J connectivity index is 1.77. The van der Waals surface area contributed by atoms with Gasteiger partial charge in [-0.25, -0.2) is 0 Å². The predicted molar refractivity (Wildman–Crippen MR) is 97.4 cm³/mol. The lowest BCUT2D eigenvalue weighted by Crippen LogP contribution is -2.37. The van der Waals surface area contributed by atoms with E-state index >= 15 is 0 Å². The molecular weight excluding hydrogens is 336 g/mol. The molecule has 5 rings (SSSR count). The second kappa shape index (κ2) is 5.37. The van der Waals surface area contributed by atoms with E-state index in [2.05, 4.69) is 27.0 Å². The number of aromatic nitrogens is 3. The highest BCUT2D eigenvalue weighted by Crippen LogP contribution is 2.39. The predicted octanol–water partition coefficient (Wildman–Crippen LogP) is 2.11. The number of nitrogens with zero attached hydrogens (tertiary/aromatic N) is 3. The van der Waals surface area contributed by atoms with Crippen molar-refractivity contribution in [2.45, 2.75) is 24.2 Å². The number of hydrogen-bond acceptors (Lipinski definition) is 5. The third-order valence-corrected chi connectivity index (χ3v) is 6.20. The molecule has 6 nitrogen and oxygen atoms in total. The Morgan fingerprint density at radius 2 is 2.16 bits per heavy atom. The molecule has 2 aliphatic heterocycles. The van der Waals surface area contributed by atoms with Crippen LogP contribution in [-0.4, -0.2) is 43.9 Å². The first kappa shape index (κ1) is 15.0. The zero-order chi connectivity index (χ0) is 17.1. The highest BCUT2D eigenvalue weighted by molar-refractivity contribution is 7.99. The van der Waals surface area contributed by atoms with Gasteiger partial charge < -0.3 is 10.1 Å². The number of likely N-dealkylation sites (N-methyl/N-ethyl adjacent to an activating group) is 1. The van der Waals surface area contributed by atoms with Crippen molar-refractivity contribution in [1.29, 1.82) is 0 Å². The normalized spacial score (nSPS) is 20.0. The smallest absolute Gasteiger partial charge is 0.263 e. The molecule has 128 valence electrons. The number of hydrogen-bond donors (Lipinski definition) is 2. The topological polar surface area (TPSA) is 74.2 Å². The Morgan fingerprint density at radius 1 is 1.32 bits per heavy atom. The summed E-state index contributed by atoms with van der Waals surface area (Å²) < 4.78 is 1.69. The van der Waals surface area contributed by atoms with Gasteiger partial charge in [0.25, 0.3) is 5.56 Å². The second-order valence-electron chi connectivity index (χ2n) is 6.63. The highest BCUT2D eigenvalue weighted by Gasteiger charge is 2.35. The minimum atomic E-state index is -0.306. The minimum Gasteiger partial charge on any atom is -0.493 e. The Kier molecular flexibility index (Phi) is 3.23. The third-order valence-electron chi connectivity index (χ3n) is 5.24. The van der Waals surface area contributed by atoms with Crippen LogP contribution in [0.25, 0.3) is 10.9 Å². The van der Waals surface area contributed by atoms with Crippen molar-refractivity contribution < 1.29 is 5.11 Å². The molecule has 3 aromatic rings. The number of H-pyrrole nitrogens is 1. The lowest BCUT2D eigenvalue weighted by molar-refractivity contribution is 0.251. The van der Waals surface area contributed by atoms with Gasteiger partial charge in [-0.2, -0.15) is 4.98 Å². The molecule has 7 heteroatoms. The van der Waals surface area contributed by atoms with Crippen molar-refractivity contribution >= 4 is 22.7 Å². The number of benzene rings is 1.